The Morgan fingerprint density at radius 3 is 2.82 bits per heavy atom. The number of hydrogen-bond donors (Lipinski definition) is 1. The van der Waals surface area contributed by atoms with Crippen molar-refractivity contribution >= 4 is 16.5 Å². The summed E-state index contributed by atoms with van der Waals surface area (Å²) in [5, 5.41) is 10.3. The van der Waals surface area contributed by atoms with Gasteiger partial charge in [-0.25, -0.2) is 4.98 Å². The van der Waals surface area contributed by atoms with Crippen LogP contribution in [0.25, 0.3) is 0 Å². The summed E-state index contributed by atoms with van der Waals surface area (Å²) in [6.07, 6.45) is 1.33. The van der Waals surface area contributed by atoms with E-state index in [4.69, 9.17) is 4.74 Å². The molecule has 0 spiro atoms. The second kappa shape index (κ2) is 5.33. The number of aliphatic hydroxyl groups is 1. The van der Waals surface area contributed by atoms with Crippen LogP contribution in [0.1, 0.15) is 23.9 Å². The fraction of sp³-hybridized carbons (Fsp3) is 0.750. The molecule has 1 aromatic heterocycles. The van der Waals surface area contributed by atoms with Gasteiger partial charge in [-0.15, -0.1) is 0 Å². The second-order valence-electron chi connectivity index (χ2n) is 4.81. The van der Waals surface area contributed by atoms with Gasteiger partial charge in [-0.2, -0.15) is 0 Å². The van der Waals surface area contributed by atoms with Crippen LogP contribution < -0.4 is 4.90 Å². The number of nitrogens with zero attached hydrogens (tertiary/aromatic N) is 2. The zero-order valence-electron chi connectivity index (χ0n) is 10.6. The summed E-state index contributed by atoms with van der Waals surface area (Å²) in [5.74, 6) is 1.67. The van der Waals surface area contributed by atoms with Crippen LogP contribution >= 0.6 is 11.3 Å². The molecule has 2 atom stereocenters. The molecular weight excluding hydrogens is 236 g/mol. The van der Waals surface area contributed by atoms with Crippen LogP contribution in [-0.4, -0.2) is 30.8 Å². The molecule has 4 nitrogen and oxygen atoms in total. The van der Waals surface area contributed by atoms with Crippen LogP contribution in [0.5, 0.6) is 0 Å². The van der Waals surface area contributed by atoms with E-state index in [1.807, 2.05) is 0 Å². The maximum Gasteiger partial charge on any atom is 0.185 e. The summed E-state index contributed by atoms with van der Waals surface area (Å²) in [6, 6.07) is 0. The first-order chi connectivity index (χ1) is 8.15. The number of rotatable bonds is 6. The van der Waals surface area contributed by atoms with Gasteiger partial charge in [-0.1, -0.05) is 18.3 Å². The lowest BCUT2D eigenvalue weighted by molar-refractivity contribution is 0.179. The van der Waals surface area contributed by atoms with Gasteiger partial charge in [0.2, 0.25) is 0 Å². The quantitative estimate of drug-likeness (QED) is 0.844. The zero-order valence-corrected chi connectivity index (χ0v) is 11.5. The van der Waals surface area contributed by atoms with Gasteiger partial charge in [0.05, 0.1) is 23.8 Å². The van der Waals surface area contributed by atoms with E-state index in [-0.39, 0.29) is 6.61 Å². The lowest BCUT2D eigenvalue weighted by Gasteiger charge is -2.14. The van der Waals surface area contributed by atoms with Crippen molar-refractivity contribution in [2.24, 2.45) is 11.8 Å². The highest BCUT2D eigenvalue weighted by atomic mass is 32.1. The summed E-state index contributed by atoms with van der Waals surface area (Å²) < 4.78 is 5.09. The maximum atomic E-state index is 9.27. The normalized spacial score (nSPS) is 22.8. The van der Waals surface area contributed by atoms with Crippen molar-refractivity contribution < 1.29 is 9.84 Å². The van der Waals surface area contributed by atoms with Crippen molar-refractivity contribution in [3.8, 4) is 0 Å². The van der Waals surface area contributed by atoms with Gasteiger partial charge in [0.25, 0.3) is 0 Å². The molecule has 1 heterocycles. The van der Waals surface area contributed by atoms with Crippen molar-refractivity contribution in [2.75, 3.05) is 25.6 Å². The van der Waals surface area contributed by atoms with E-state index in [9.17, 15) is 5.11 Å². The summed E-state index contributed by atoms with van der Waals surface area (Å²) in [7, 11) is 3.72. The van der Waals surface area contributed by atoms with E-state index in [1.165, 1.54) is 6.42 Å². The van der Waals surface area contributed by atoms with Crippen LogP contribution in [0.2, 0.25) is 0 Å². The number of hydrogen-bond acceptors (Lipinski definition) is 5. The van der Waals surface area contributed by atoms with Gasteiger partial charge in [0, 0.05) is 20.7 Å². The predicted octanol–water partition coefficient (Wildman–Crippen LogP) is 1.87. The Hall–Kier alpha value is -0.650. The molecule has 0 saturated heterocycles. The van der Waals surface area contributed by atoms with Crippen LogP contribution in [-0.2, 0) is 18.0 Å². The Labute approximate surface area is 106 Å². The first-order valence-corrected chi connectivity index (χ1v) is 6.76. The Balaban J connectivity index is 2.03. The average Bonchev–Trinajstić information content (AvgIpc) is 2.84. The molecule has 1 saturated carbocycles. The molecule has 2 unspecified atom stereocenters. The summed E-state index contributed by atoms with van der Waals surface area (Å²) in [5.41, 5.74) is 0.866. The van der Waals surface area contributed by atoms with E-state index >= 15 is 0 Å². The van der Waals surface area contributed by atoms with E-state index in [2.05, 4.69) is 23.9 Å². The third kappa shape index (κ3) is 2.97. The third-order valence-corrected chi connectivity index (χ3v) is 4.50. The van der Waals surface area contributed by atoms with Crippen molar-refractivity contribution in [1.82, 2.24) is 4.98 Å². The van der Waals surface area contributed by atoms with Crippen LogP contribution in [0.15, 0.2) is 0 Å². The molecule has 0 aliphatic heterocycles. The minimum Gasteiger partial charge on any atom is -0.391 e. The molecule has 1 aliphatic rings. The third-order valence-electron chi connectivity index (χ3n) is 3.30. The molecular formula is C12H20N2O2S. The van der Waals surface area contributed by atoms with Crippen molar-refractivity contribution in [1.29, 1.82) is 0 Å². The smallest absolute Gasteiger partial charge is 0.185 e. The Bertz CT molecular complexity index is 381. The highest BCUT2D eigenvalue weighted by molar-refractivity contribution is 7.15. The Morgan fingerprint density at radius 2 is 2.29 bits per heavy atom. The fourth-order valence-corrected chi connectivity index (χ4v) is 2.88. The van der Waals surface area contributed by atoms with Gasteiger partial charge < -0.3 is 14.7 Å². The highest BCUT2D eigenvalue weighted by Gasteiger charge is 2.33. The van der Waals surface area contributed by atoms with Gasteiger partial charge in [0.15, 0.2) is 5.13 Å². The van der Waals surface area contributed by atoms with E-state index in [0.717, 1.165) is 34.1 Å². The Kier molecular flexibility index (Phi) is 4.01. The van der Waals surface area contributed by atoms with Gasteiger partial charge in [-0.3, -0.25) is 0 Å². The van der Waals surface area contributed by atoms with E-state index < -0.39 is 0 Å². The minimum absolute atomic E-state index is 0.0457. The van der Waals surface area contributed by atoms with Crippen LogP contribution in [0.4, 0.5) is 5.13 Å². The highest BCUT2D eigenvalue weighted by Crippen LogP contribution is 2.39. The first-order valence-electron chi connectivity index (χ1n) is 5.95. The summed E-state index contributed by atoms with van der Waals surface area (Å²) >= 11 is 1.56. The van der Waals surface area contributed by atoms with Crippen LogP contribution in [0.3, 0.4) is 0 Å². The second-order valence-corrected chi connectivity index (χ2v) is 5.87. The molecule has 1 fully saturated rings. The molecule has 2 rings (SSSR count). The molecule has 1 aliphatic carbocycles. The number of anilines is 1. The van der Waals surface area contributed by atoms with E-state index in [1.54, 1.807) is 18.4 Å². The van der Waals surface area contributed by atoms with Crippen molar-refractivity contribution in [3.63, 3.8) is 0 Å². The molecule has 0 radical (unpaired) electrons. The molecule has 96 valence electrons. The SMILES string of the molecule is COCc1nc(N(C)CC2CC2C)sc1CO. The summed E-state index contributed by atoms with van der Waals surface area (Å²) in [6.45, 7) is 3.87. The minimum atomic E-state index is 0.0457. The topological polar surface area (TPSA) is 45.6 Å². The maximum absolute atomic E-state index is 9.27. The molecule has 0 aromatic carbocycles. The van der Waals surface area contributed by atoms with Gasteiger partial charge >= 0.3 is 0 Å². The number of aliphatic hydroxyl groups excluding tert-OH is 1. The number of ether oxygens (including phenoxy) is 1. The van der Waals surface area contributed by atoms with Gasteiger partial charge in [0.1, 0.15) is 0 Å². The molecule has 17 heavy (non-hydrogen) atoms. The largest absolute Gasteiger partial charge is 0.391 e. The lowest BCUT2D eigenvalue weighted by Crippen LogP contribution is -2.20. The van der Waals surface area contributed by atoms with Crippen molar-refractivity contribution in [3.05, 3.63) is 10.6 Å². The van der Waals surface area contributed by atoms with E-state index in [0.29, 0.717) is 6.61 Å². The standard InChI is InChI=1S/C12H20N2O2S/c1-8-4-9(8)5-14(2)12-13-10(7-16-3)11(6-15)17-12/h8-9,15H,4-7H2,1-3H3. The first kappa shape index (κ1) is 12.8. The molecule has 1 aromatic rings. The monoisotopic (exact) mass is 256 g/mol. The Morgan fingerprint density at radius 1 is 1.59 bits per heavy atom. The molecule has 1 N–H and O–H groups in total. The number of thiazole rings is 1. The number of aromatic nitrogens is 1. The summed E-state index contributed by atoms with van der Waals surface area (Å²) in [4.78, 5) is 7.64. The molecule has 0 bridgehead atoms. The lowest BCUT2D eigenvalue weighted by atomic mass is 10.3. The number of methoxy groups -OCH3 is 1. The fourth-order valence-electron chi connectivity index (χ4n) is 1.99. The molecule has 5 heteroatoms. The zero-order chi connectivity index (χ0) is 12.4. The van der Waals surface area contributed by atoms with Gasteiger partial charge in [-0.05, 0) is 18.3 Å². The molecule has 0 amide bonds. The van der Waals surface area contributed by atoms with Crippen LogP contribution in [0, 0.1) is 11.8 Å². The van der Waals surface area contributed by atoms with Crippen molar-refractivity contribution in [2.45, 2.75) is 26.6 Å². The predicted molar refractivity (Wildman–Crippen MR) is 69.3 cm³/mol. The average molecular weight is 256 g/mol.